The van der Waals surface area contributed by atoms with E-state index in [0.29, 0.717) is 17.2 Å². The van der Waals surface area contributed by atoms with E-state index in [2.05, 4.69) is 10.6 Å². The number of para-hydroxylation sites is 1. The van der Waals surface area contributed by atoms with Gasteiger partial charge in [-0.15, -0.1) is 0 Å². The summed E-state index contributed by atoms with van der Waals surface area (Å²) in [5, 5.41) is 5.49. The summed E-state index contributed by atoms with van der Waals surface area (Å²) in [6.45, 7) is 1.95. The van der Waals surface area contributed by atoms with E-state index in [0.717, 1.165) is 11.1 Å². The number of nitrogens with two attached hydrogens (primary N) is 1. The third-order valence-electron chi connectivity index (χ3n) is 4.25. The second kappa shape index (κ2) is 9.41. The zero-order valence-electron chi connectivity index (χ0n) is 16.1. The molecule has 0 aliphatic carbocycles. The number of ether oxygens (including phenoxy) is 1. The number of urea groups is 1. The molecule has 0 aliphatic heterocycles. The number of carbonyl (C=O) groups is 2. The zero-order chi connectivity index (χ0) is 20.6. The number of hydrogen-bond donors (Lipinski definition) is 3. The van der Waals surface area contributed by atoms with E-state index in [1.165, 1.54) is 0 Å². The molecule has 0 spiro atoms. The summed E-state index contributed by atoms with van der Waals surface area (Å²) >= 11 is 0. The standard InChI is InChI=1S/C23H23N3O3/c1-16-7-5-9-18(13-16)25-22(27)15-21(26-23(24)28)17-8-6-12-20(14-17)29-19-10-3-2-4-11-19/h2-14,21H,15H2,1H3,(H,25,27)(H3,24,26,28)/t21-/m1/s1. The first-order valence-corrected chi connectivity index (χ1v) is 9.25. The summed E-state index contributed by atoms with van der Waals surface area (Å²) in [5.74, 6) is 1.06. The van der Waals surface area contributed by atoms with Gasteiger partial charge in [-0.3, -0.25) is 4.79 Å². The number of benzene rings is 3. The highest BCUT2D eigenvalue weighted by Crippen LogP contribution is 2.26. The van der Waals surface area contributed by atoms with Crippen molar-refractivity contribution in [2.75, 3.05) is 5.32 Å². The Morgan fingerprint density at radius 2 is 1.66 bits per heavy atom. The van der Waals surface area contributed by atoms with Gasteiger partial charge < -0.3 is 21.1 Å². The first kappa shape index (κ1) is 19.9. The van der Waals surface area contributed by atoms with Crippen molar-refractivity contribution < 1.29 is 14.3 Å². The molecule has 4 N–H and O–H groups in total. The van der Waals surface area contributed by atoms with Crippen molar-refractivity contribution in [1.82, 2.24) is 5.32 Å². The number of nitrogens with one attached hydrogen (secondary N) is 2. The Kier molecular flexibility index (Phi) is 6.47. The third-order valence-corrected chi connectivity index (χ3v) is 4.25. The Morgan fingerprint density at radius 3 is 2.38 bits per heavy atom. The van der Waals surface area contributed by atoms with Crippen LogP contribution in [-0.4, -0.2) is 11.9 Å². The molecule has 3 aromatic carbocycles. The van der Waals surface area contributed by atoms with Gasteiger partial charge >= 0.3 is 6.03 Å². The van der Waals surface area contributed by atoms with Crippen molar-refractivity contribution in [2.24, 2.45) is 5.73 Å². The summed E-state index contributed by atoms with van der Waals surface area (Å²) in [6.07, 6.45) is 0.0334. The third kappa shape index (κ3) is 6.10. The van der Waals surface area contributed by atoms with Gasteiger partial charge in [0.2, 0.25) is 5.91 Å². The molecule has 3 rings (SSSR count). The highest BCUT2D eigenvalue weighted by Gasteiger charge is 2.18. The predicted molar refractivity (Wildman–Crippen MR) is 113 cm³/mol. The lowest BCUT2D eigenvalue weighted by Gasteiger charge is -2.19. The van der Waals surface area contributed by atoms with Gasteiger partial charge in [0, 0.05) is 5.69 Å². The van der Waals surface area contributed by atoms with Crippen LogP contribution in [0.5, 0.6) is 11.5 Å². The molecule has 0 saturated carbocycles. The van der Waals surface area contributed by atoms with Crippen LogP contribution in [0.15, 0.2) is 78.9 Å². The van der Waals surface area contributed by atoms with Crippen LogP contribution < -0.4 is 21.1 Å². The maximum Gasteiger partial charge on any atom is 0.312 e. The fourth-order valence-electron chi connectivity index (χ4n) is 2.96. The van der Waals surface area contributed by atoms with Crippen LogP contribution in [-0.2, 0) is 4.79 Å². The minimum absolute atomic E-state index is 0.0334. The highest BCUT2D eigenvalue weighted by atomic mass is 16.5. The molecule has 0 fully saturated rings. The van der Waals surface area contributed by atoms with Crippen molar-refractivity contribution in [3.63, 3.8) is 0 Å². The topological polar surface area (TPSA) is 93.5 Å². The van der Waals surface area contributed by atoms with Crippen LogP contribution in [0, 0.1) is 6.92 Å². The van der Waals surface area contributed by atoms with Crippen LogP contribution in [0.4, 0.5) is 10.5 Å². The molecule has 6 nitrogen and oxygen atoms in total. The monoisotopic (exact) mass is 389 g/mol. The lowest BCUT2D eigenvalue weighted by molar-refractivity contribution is -0.116. The second-order valence-electron chi connectivity index (χ2n) is 6.67. The number of hydrogen-bond acceptors (Lipinski definition) is 3. The van der Waals surface area contributed by atoms with Gasteiger partial charge in [0.25, 0.3) is 0 Å². The molecule has 3 amide bonds. The van der Waals surface area contributed by atoms with E-state index in [4.69, 9.17) is 10.5 Å². The van der Waals surface area contributed by atoms with E-state index in [-0.39, 0.29) is 12.3 Å². The van der Waals surface area contributed by atoms with E-state index in [9.17, 15) is 9.59 Å². The Morgan fingerprint density at radius 1 is 0.931 bits per heavy atom. The molecule has 1 atom stereocenters. The van der Waals surface area contributed by atoms with Crippen molar-refractivity contribution in [2.45, 2.75) is 19.4 Å². The zero-order valence-corrected chi connectivity index (χ0v) is 16.1. The second-order valence-corrected chi connectivity index (χ2v) is 6.67. The minimum atomic E-state index is -0.701. The Bertz CT molecular complexity index is 989. The summed E-state index contributed by atoms with van der Waals surface area (Å²) in [4.78, 5) is 24.0. The molecule has 29 heavy (non-hydrogen) atoms. The molecule has 0 bridgehead atoms. The SMILES string of the molecule is Cc1cccc(NC(=O)C[C@@H](NC(N)=O)c2cccc(Oc3ccccc3)c2)c1. The summed E-state index contributed by atoms with van der Waals surface area (Å²) in [6, 6.07) is 22.8. The number of aryl methyl sites for hydroxylation is 1. The number of amides is 3. The quantitative estimate of drug-likeness (QED) is 0.554. The number of carbonyl (C=O) groups excluding carboxylic acids is 2. The Balaban J connectivity index is 1.75. The average Bonchev–Trinajstić information content (AvgIpc) is 2.68. The molecule has 0 heterocycles. The minimum Gasteiger partial charge on any atom is -0.457 e. The first-order chi connectivity index (χ1) is 14.0. The fourth-order valence-corrected chi connectivity index (χ4v) is 2.96. The van der Waals surface area contributed by atoms with Gasteiger partial charge in [0.1, 0.15) is 11.5 Å². The van der Waals surface area contributed by atoms with Crippen LogP contribution in [0.2, 0.25) is 0 Å². The van der Waals surface area contributed by atoms with Gasteiger partial charge in [-0.2, -0.15) is 0 Å². The van der Waals surface area contributed by atoms with Crippen molar-refractivity contribution in [3.8, 4) is 11.5 Å². The average molecular weight is 389 g/mol. The van der Waals surface area contributed by atoms with Crippen LogP contribution >= 0.6 is 0 Å². The summed E-state index contributed by atoms with van der Waals surface area (Å²) < 4.78 is 5.84. The largest absolute Gasteiger partial charge is 0.457 e. The van der Waals surface area contributed by atoms with E-state index < -0.39 is 12.1 Å². The van der Waals surface area contributed by atoms with E-state index in [1.54, 1.807) is 6.07 Å². The smallest absolute Gasteiger partial charge is 0.312 e. The molecule has 0 aromatic heterocycles. The highest BCUT2D eigenvalue weighted by molar-refractivity contribution is 5.91. The molecule has 3 aromatic rings. The fraction of sp³-hybridized carbons (Fsp3) is 0.130. The maximum atomic E-state index is 12.5. The Labute approximate surface area is 169 Å². The van der Waals surface area contributed by atoms with Crippen molar-refractivity contribution in [1.29, 1.82) is 0 Å². The van der Waals surface area contributed by atoms with Crippen LogP contribution in [0.3, 0.4) is 0 Å². The molecule has 6 heteroatoms. The molecule has 0 unspecified atom stereocenters. The number of rotatable bonds is 7. The lowest BCUT2D eigenvalue weighted by Crippen LogP contribution is -2.35. The predicted octanol–water partition coefficient (Wildman–Crippen LogP) is 4.53. The summed E-state index contributed by atoms with van der Waals surface area (Å²) in [5.41, 5.74) is 7.79. The van der Waals surface area contributed by atoms with Crippen molar-refractivity contribution >= 4 is 17.6 Å². The molecular formula is C23H23N3O3. The lowest BCUT2D eigenvalue weighted by atomic mass is 10.0. The van der Waals surface area contributed by atoms with Gasteiger partial charge in [0.05, 0.1) is 12.5 Å². The molecule has 0 aliphatic rings. The van der Waals surface area contributed by atoms with E-state index >= 15 is 0 Å². The first-order valence-electron chi connectivity index (χ1n) is 9.25. The summed E-state index contributed by atoms with van der Waals surface area (Å²) in [7, 11) is 0. The van der Waals surface area contributed by atoms with Crippen molar-refractivity contribution in [3.05, 3.63) is 90.0 Å². The maximum absolute atomic E-state index is 12.5. The van der Waals surface area contributed by atoms with Crippen LogP contribution in [0.25, 0.3) is 0 Å². The molecule has 0 saturated heterocycles. The molecule has 148 valence electrons. The van der Waals surface area contributed by atoms with Crippen LogP contribution in [0.1, 0.15) is 23.6 Å². The van der Waals surface area contributed by atoms with Gasteiger partial charge in [0.15, 0.2) is 0 Å². The van der Waals surface area contributed by atoms with E-state index in [1.807, 2.05) is 79.7 Å². The number of primary amides is 1. The Hall–Kier alpha value is -3.80. The normalized spacial score (nSPS) is 11.3. The molecule has 0 radical (unpaired) electrons. The molecular weight excluding hydrogens is 366 g/mol. The number of anilines is 1. The van der Waals surface area contributed by atoms with Gasteiger partial charge in [-0.25, -0.2) is 4.79 Å². The van der Waals surface area contributed by atoms with Gasteiger partial charge in [-0.1, -0.05) is 42.5 Å². The van der Waals surface area contributed by atoms with Gasteiger partial charge in [-0.05, 0) is 54.4 Å².